The Kier molecular flexibility index (Phi) is 23.3. The molecule has 0 saturated carbocycles. The largest absolute Gasteiger partial charge is 0.0654 e. The molecule has 0 aromatic carbocycles. The molecule has 0 radical (unpaired) electrons. The Labute approximate surface area is 181 Å². The van der Waals surface area contributed by atoms with Crippen LogP contribution in [-0.4, -0.2) is 0 Å². The highest BCUT2D eigenvalue weighted by Crippen LogP contribution is 2.21. The molecule has 0 heterocycles. The Morgan fingerprint density at radius 3 is 1.04 bits per heavy atom. The van der Waals surface area contributed by atoms with Crippen molar-refractivity contribution < 1.29 is 0 Å². The summed E-state index contributed by atoms with van der Waals surface area (Å²) in [4.78, 5) is 0. The predicted octanol–water partition coefficient (Wildman–Crippen LogP) is 10.9. The average molecular weight is 395 g/mol. The summed E-state index contributed by atoms with van der Waals surface area (Å²) in [7, 11) is 0. The van der Waals surface area contributed by atoms with Crippen LogP contribution in [0.4, 0.5) is 0 Å². The number of hydrogen-bond acceptors (Lipinski definition) is 0. The summed E-state index contributed by atoms with van der Waals surface area (Å²) in [5.41, 5.74) is 0. The molecular formula is C28H58. The minimum atomic E-state index is 0.952. The van der Waals surface area contributed by atoms with Crippen molar-refractivity contribution in [3.63, 3.8) is 0 Å². The maximum Gasteiger partial charge on any atom is -0.0443 e. The Morgan fingerprint density at radius 2 is 0.643 bits per heavy atom. The van der Waals surface area contributed by atoms with Crippen molar-refractivity contribution in [2.45, 2.75) is 169 Å². The van der Waals surface area contributed by atoms with Crippen molar-refractivity contribution in [2.75, 3.05) is 0 Å². The van der Waals surface area contributed by atoms with Crippen molar-refractivity contribution in [2.24, 2.45) is 11.8 Å². The molecule has 0 aromatic heterocycles. The zero-order valence-corrected chi connectivity index (χ0v) is 20.7. The van der Waals surface area contributed by atoms with Gasteiger partial charge in [0.1, 0.15) is 0 Å². The molecule has 0 bridgehead atoms. The molecule has 0 rings (SSSR count). The maximum atomic E-state index is 2.48. The smallest absolute Gasteiger partial charge is 0.0443 e. The Balaban J connectivity index is 3.15. The quantitative estimate of drug-likeness (QED) is 0.151. The topological polar surface area (TPSA) is 0 Å². The molecule has 0 aliphatic rings. The molecule has 0 N–H and O–H groups in total. The third-order valence-electron chi connectivity index (χ3n) is 6.73. The molecule has 0 aliphatic heterocycles. The molecule has 170 valence electrons. The molecule has 0 spiro atoms. The van der Waals surface area contributed by atoms with Crippen LogP contribution in [0.15, 0.2) is 0 Å². The standard InChI is InChI=1S/C28H58/c1-5-7-8-9-10-11-12-13-14-15-16-17-18-19-20-21-24-28(4)26-22-25-27(3)23-6-2/h27-28H,5-26H2,1-4H3. The highest BCUT2D eigenvalue weighted by Gasteiger charge is 2.05. The second kappa shape index (κ2) is 23.3. The zero-order valence-electron chi connectivity index (χ0n) is 20.7. The van der Waals surface area contributed by atoms with Crippen LogP contribution in [0.2, 0.25) is 0 Å². The fourth-order valence-corrected chi connectivity index (χ4v) is 4.64. The van der Waals surface area contributed by atoms with E-state index in [2.05, 4.69) is 27.7 Å². The van der Waals surface area contributed by atoms with Gasteiger partial charge in [-0.05, 0) is 11.8 Å². The van der Waals surface area contributed by atoms with Gasteiger partial charge in [0.25, 0.3) is 0 Å². The summed E-state index contributed by atoms with van der Waals surface area (Å²) in [6.07, 6.45) is 32.2. The summed E-state index contributed by atoms with van der Waals surface area (Å²) in [6, 6.07) is 0. The summed E-state index contributed by atoms with van der Waals surface area (Å²) in [6.45, 7) is 9.54. The van der Waals surface area contributed by atoms with Crippen LogP contribution in [0.25, 0.3) is 0 Å². The van der Waals surface area contributed by atoms with Crippen LogP contribution >= 0.6 is 0 Å². The number of hydrogen-bond donors (Lipinski definition) is 0. The normalized spacial score (nSPS) is 13.7. The Morgan fingerprint density at radius 1 is 0.321 bits per heavy atom. The Bertz CT molecular complexity index is 269. The van der Waals surface area contributed by atoms with E-state index in [1.54, 1.807) is 0 Å². The molecule has 0 aliphatic carbocycles. The van der Waals surface area contributed by atoms with Gasteiger partial charge in [0.05, 0.1) is 0 Å². The molecule has 28 heavy (non-hydrogen) atoms. The minimum Gasteiger partial charge on any atom is -0.0654 e. The van der Waals surface area contributed by atoms with Crippen LogP contribution in [0.3, 0.4) is 0 Å². The lowest BCUT2D eigenvalue weighted by Crippen LogP contribution is -1.99. The molecule has 0 fully saturated rings. The molecule has 0 saturated heterocycles. The van der Waals surface area contributed by atoms with E-state index in [0.29, 0.717) is 0 Å². The van der Waals surface area contributed by atoms with Gasteiger partial charge < -0.3 is 0 Å². The van der Waals surface area contributed by atoms with Gasteiger partial charge in [0, 0.05) is 0 Å². The molecule has 0 amide bonds. The molecule has 0 heteroatoms. The van der Waals surface area contributed by atoms with Crippen molar-refractivity contribution in [3.8, 4) is 0 Å². The van der Waals surface area contributed by atoms with Gasteiger partial charge in [-0.15, -0.1) is 0 Å². The van der Waals surface area contributed by atoms with E-state index >= 15 is 0 Å². The van der Waals surface area contributed by atoms with Gasteiger partial charge in [0.2, 0.25) is 0 Å². The summed E-state index contributed by atoms with van der Waals surface area (Å²) >= 11 is 0. The SMILES string of the molecule is CCCCCCCCCCCCCCCCCCC(C)CCCC(C)CCC. The summed E-state index contributed by atoms with van der Waals surface area (Å²) in [5, 5.41) is 0. The lowest BCUT2D eigenvalue weighted by atomic mass is 9.93. The van der Waals surface area contributed by atoms with E-state index in [1.165, 1.54) is 141 Å². The van der Waals surface area contributed by atoms with Gasteiger partial charge in [-0.3, -0.25) is 0 Å². The van der Waals surface area contributed by atoms with E-state index in [1.807, 2.05) is 0 Å². The first-order valence-corrected chi connectivity index (χ1v) is 13.7. The van der Waals surface area contributed by atoms with E-state index in [4.69, 9.17) is 0 Å². The zero-order chi connectivity index (χ0) is 20.7. The first kappa shape index (κ1) is 28.0. The Hall–Kier alpha value is 0. The van der Waals surface area contributed by atoms with Gasteiger partial charge in [0.15, 0.2) is 0 Å². The van der Waals surface area contributed by atoms with E-state index in [-0.39, 0.29) is 0 Å². The molecule has 2 atom stereocenters. The highest BCUT2D eigenvalue weighted by atomic mass is 14.1. The fraction of sp³-hybridized carbons (Fsp3) is 1.00. The predicted molar refractivity (Wildman–Crippen MR) is 131 cm³/mol. The van der Waals surface area contributed by atoms with Crippen molar-refractivity contribution in [1.29, 1.82) is 0 Å². The fourth-order valence-electron chi connectivity index (χ4n) is 4.64. The van der Waals surface area contributed by atoms with E-state index < -0.39 is 0 Å². The molecule has 0 aromatic rings. The third-order valence-corrected chi connectivity index (χ3v) is 6.73. The van der Waals surface area contributed by atoms with E-state index in [0.717, 1.165) is 11.8 Å². The minimum absolute atomic E-state index is 0.952. The first-order chi connectivity index (χ1) is 13.7. The van der Waals surface area contributed by atoms with Crippen LogP contribution in [0.5, 0.6) is 0 Å². The van der Waals surface area contributed by atoms with Crippen LogP contribution in [0, 0.1) is 11.8 Å². The van der Waals surface area contributed by atoms with Crippen LogP contribution < -0.4 is 0 Å². The van der Waals surface area contributed by atoms with Crippen molar-refractivity contribution >= 4 is 0 Å². The number of unbranched alkanes of at least 4 members (excludes halogenated alkanes) is 15. The number of rotatable bonds is 23. The second-order valence-electron chi connectivity index (χ2n) is 10.0. The molecular weight excluding hydrogens is 336 g/mol. The van der Waals surface area contributed by atoms with Gasteiger partial charge in [-0.1, -0.05) is 169 Å². The van der Waals surface area contributed by atoms with Crippen molar-refractivity contribution in [1.82, 2.24) is 0 Å². The highest BCUT2D eigenvalue weighted by molar-refractivity contribution is 4.58. The average Bonchev–Trinajstić information content (AvgIpc) is 2.68. The van der Waals surface area contributed by atoms with E-state index in [9.17, 15) is 0 Å². The molecule has 0 nitrogen and oxygen atoms in total. The molecule has 2 unspecified atom stereocenters. The lowest BCUT2D eigenvalue weighted by Gasteiger charge is -2.13. The first-order valence-electron chi connectivity index (χ1n) is 13.7. The second-order valence-corrected chi connectivity index (χ2v) is 10.0. The van der Waals surface area contributed by atoms with Crippen molar-refractivity contribution in [3.05, 3.63) is 0 Å². The lowest BCUT2D eigenvalue weighted by molar-refractivity contribution is 0.398. The van der Waals surface area contributed by atoms with Gasteiger partial charge >= 0.3 is 0 Å². The summed E-state index contributed by atoms with van der Waals surface area (Å²) < 4.78 is 0. The van der Waals surface area contributed by atoms with Crippen LogP contribution in [-0.2, 0) is 0 Å². The van der Waals surface area contributed by atoms with Crippen LogP contribution in [0.1, 0.15) is 169 Å². The monoisotopic (exact) mass is 394 g/mol. The van der Waals surface area contributed by atoms with Gasteiger partial charge in [-0.2, -0.15) is 0 Å². The van der Waals surface area contributed by atoms with Gasteiger partial charge in [-0.25, -0.2) is 0 Å². The summed E-state index contributed by atoms with van der Waals surface area (Å²) in [5.74, 6) is 1.91. The maximum absolute atomic E-state index is 2.48. The third kappa shape index (κ3) is 22.3.